The first kappa shape index (κ1) is 19.2. The number of methoxy groups -OCH3 is 1. The van der Waals surface area contributed by atoms with E-state index in [1.807, 2.05) is 18.7 Å². The highest BCUT2D eigenvalue weighted by molar-refractivity contribution is 5.84. The second kappa shape index (κ2) is 7.38. The van der Waals surface area contributed by atoms with Crippen LogP contribution in [-0.2, 0) is 14.3 Å². The number of likely N-dealkylation sites (tertiary alicyclic amines) is 2. The summed E-state index contributed by atoms with van der Waals surface area (Å²) in [5.41, 5.74) is 0.0203. The molecule has 2 saturated heterocycles. The van der Waals surface area contributed by atoms with Crippen LogP contribution in [0.4, 0.5) is 0 Å². The summed E-state index contributed by atoms with van der Waals surface area (Å²) in [4.78, 5) is 30.0. The second-order valence-electron chi connectivity index (χ2n) is 9.84. The molecule has 0 aromatic carbocycles. The molecule has 4 rings (SSSR count). The van der Waals surface area contributed by atoms with Crippen LogP contribution in [0.3, 0.4) is 0 Å². The van der Waals surface area contributed by atoms with E-state index in [2.05, 4.69) is 4.90 Å². The van der Waals surface area contributed by atoms with Gasteiger partial charge >= 0.3 is 0 Å². The van der Waals surface area contributed by atoms with Gasteiger partial charge in [-0.05, 0) is 62.2 Å². The fourth-order valence-electron chi connectivity index (χ4n) is 5.71. The maximum Gasteiger partial charge on any atom is 0.251 e. The van der Waals surface area contributed by atoms with Gasteiger partial charge in [0.05, 0.1) is 5.41 Å². The standard InChI is InChI=1S/C22H36N2O3/c1-15(2)19(27-3)20(25)24-13-17(14-24)16-6-4-11-23(12-16)21(26)22(9-5-10-22)18-7-8-18/h15-19H,4-14H2,1-3H3. The van der Waals surface area contributed by atoms with Gasteiger partial charge in [-0.25, -0.2) is 0 Å². The first-order valence-corrected chi connectivity index (χ1v) is 11.1. The van der Waals surface area contributed by atoms with Crippen molar-refractivity contribution in [2.24, 2.45) is 29.1 Å². The van der Waals surface area contributed by atoms with Gasteiger partial charge in [0.1, 0.15) is 6.10 Å². The third kappa shape index (κ3) is 3.41. The first-order chi connectivity index (χ1) is 13.0. The fraction of sp³-hybridized carbons (Fsp3) is 0.909. The molecular formula is C22H36N2O3. The Morgan fingerprint density at radius 1 is 0.963 bits per heavy atom. The Morgan fingerprint density at radius 3 is 2.15 bits per heavy atom. The van der Waals surface area contributed by atoms with E-state index in [0.717, 1.165) is 45.4 Å². The van der Waals surface area contributed by atoms with Gasteiger partial charge < -0.3 is 14.5 Å². The van der Waals surface area contributed by atoms with Crippen molar-refractivity contribution in [3.05, 3.63) is 0 Å². The van der Waals surface area contributed by atoms with Crippen LogP contribution >= 0.6 is 0 Å². The lowest BCUT2D eigenvalue weighted by Crippen LogP contribution is -2.59. The van der Waals surface area contributed by atoms with E-state index in [-0.39, 0.29) is 23.3 Å². The van der Waals surface area contributed by atoms with Gasteiger partial charge in [-0.3, -0.25) is 9.59 Å². The molecular weight excluding hydrogens is 340 g/mol. The lowest BCUT2D eigenvalue weighted by Gasteiger charge is -2.50. The molecule has 0 aromatic heterocycles. The summed E-state index contributed by atoms with van der Waals surface area (Å²) < 4.78 is 5.40. The lowest BCUT2D eigenvalue weighted by atomic mass is 9.64. The lowest BCUT2D eigenvalue weighted by molar-refractivity contribution is -0.157. The normalized spacial score (nSPS) is 29.3. The third-order valence-corrected chi connectivity index (χ3v) is 7.77. The molecule has 152 valence electrons. The van der Waals surface area contributed by atoms with Crippen LogP contribution in [-0.4, -0.2) is 61.0 Å². The predicted octanol–water partition coefficient (Wildman–Crippen LogP) is 2.93. The zero-order valence-corrected chi connectivity index (χ0v) is 17.3. The van der Waals surface area contributed by atoms with Crippen LogP contribution in [0.1, 0.15) is 58.8 Å². The van der Waals surface area contributed by atoms with E-state index in [4.69, 9.17) is 4.74 Å². The molecule has 5 nitrogen and oxygen atoms in total. The van der Waals surface area contributed by atoms with E-state index < -0.39 is 0 Å². The number of carbonyl (C=O) groups excluding carboxylic acids is 2. The number of hydrogen-bond donors (Lipinski definition) is 0. The quantitative estimate of drug-likeness (QED) is 0.716. The molecule has 2 aliphatic heterocycles. The molecule has 4 fully saturated rings. The number of carbonyl (C=O) groups is 2. The van der Waals surface area contributed by atoms with Crippen molar-refractivity contribution in [2.45, 2.75) is 64.9 Å². The van der Waals surface area contributed by atoms with Crippen molar-refractivity contribution in [3.8, 4) is 0 Å². The van der Waals surface area contributed by atoms with Crippen molar-refractivity contribution in [1.29, 1.82) is 0 Å². The number of hydrogen-bond acceptors (Lipinski definition) is 3. The van der Waals surface area contributed by atoms with Crippen LogP contribution in [0.2, 0.25) is 0 Å². The summed E-state index contributed by atoms with van der Waals surface area (Å²) in [7, 11) is 1.63. The van der Waals surface area contributed by atoms with Gasteiger partial charge in [-0.2, -0.15) is 0 Å². The van der Waals surface area contributed by atoms with Crippen LogP contribution in [0.5, 0.6) is 0 Å². The number of rotatable bonds is 6. The maximum atomic E-state index is 13.3. The number of piperidine rings is 1. The van der Waals surface area contributed by atoms with E-state index in [1.54, 1.807) is 7.11 Å². The van der Waals surface area contributed by atoms with Gasteiger partial charge in [0.15, 0.2) is 0 Å². The summed E-state index contributed by atoms with van der Waals surface area (Å²) in [5.74, 6) is 2.58. The number of ether oxygens (including phenoxy) is 1. The van der Waals surface area contributed by atoms with Crippen molar-refractivity contribution in [2.75, 3.05) is 33.3 Å². The molecule has 2 atom stereocenters. The fourth-order valence-corrected chi connectivity index (χ4v) is 5.71. The minimum absolute atomic E-state index is 0.0203. The molecule has 0 bridgehead atoms. The average Bonchev–Trinajstić information content (AvgIpc) is 3.38. The largest absolute Gasteiger partial charge is 0.371 e. The zero-order chi connectivity index (χ0) is 19.2. The first-order valence-electron chi connectivity index (χ1n) is 11.1. The topological polar surface area (TPSA) is 49.9 Å². The predicted molar refractivity (Wildman–Crippen MR) is 104 cm³/mol. The van der Waals surface area contributed by atoms with Crippen LogP contribution in [0.15, 0.2) is 0 Å². The maximum absolute atomic E-state index is 13.3. The smallest absolute Gasteiger partial charge is 0.251 e. The highest BCUT2D eigenvalue weighted by Crippen LogP contribution is 2.58. The Morgan fingerprint density at radius 2 is 1.63 bits per heavy atom. The summed E-state index contributed by atoms with van der Waals surface area (Å²) in [6.07, 6.45) is 7.99. The van der Waals surface area contributed by atoms with E-state index >= 15 is 0 Å². The van der Waals surface area contributed by atoms with Gasteiger partial charge in [0.25, 0.3) is 5.91 Å². The summed E-state index contributed by atoms with van der Waals surface area (Å²) >= 11 is 0. The van der Waals surface area contributed by atoms with E-state index in [0.29, 0.717) is 23.7 Å². The molecule has 4 aliphatic rings. The molecule has 2 amide bonds. The number of nitrogens with zero attached hydrogens (tertiary/aromatic N) is 2. The number of amides is 2. The molecule has 27 heavy (non-hydrogen) atoms. The van der Waals surface area contributed by atoms with Crippen LogP contribution < -0.4 is 0 Å². The Bertz CT molecular complexity index is 576. The molecule has 5 heteroatoms. The highest BCUT2D eigenvalue weighted by atomic mass is 16.5. The van der Waals surface area contributed by atoms with E-state index in [1.165, 1.54) is 25.7 Å². The Balaban J connectivity index is 1.31. The summed E-state index contributed by atoms with van der Waals surface area (Å²) in [6.45, 7) is 7.60. The van der Waals surface area contributed by atoms with E-state index in [9.17, 15) is 9.59 Å². The molecule has 0 radical (unpaired) electrons. The molecule has 2 aliphatic carbocycles. The molecule has 2 saturated carbocycles. The molecule has 2 unspecified atom stereocenters. The molecule has 0 aromatic rings. The highest BCUT2D eigenvalue weighted by Gasteiger charge is 2.56. The summed E-state index contributed by atoms with van der Waals surface area (Å²) in [5, 5.41) is 0. The zero-order valence-electron chi connectivity index (χ0n) is 17.3. The van der Waals surface area contributed by atoms with Gasteiger partial charge in [-0.1, -0.05) is 20.3 Å². The Hall–Kier alpha value is -1.10. The second-order valence-corrected chi connectivity index (χ2v) is 9.84. The van der Waals surface area contributed by atoms with Gasteiger partial charge in [0.2, 0.25) is 5.91 Å². The minimum atomic E-state index is -0.326. The van der Waals surface area contributed by atoms with Crippen LogP contribution in [0.25, 0.3) is 0 Å². The summed E-state index contributed by atoms with van der Waals surface area (Å²) in [6, 6.07) is 0. The van der Waals surface area contributed by atoms with Crippen molar-refractivity contribution in [3.63, 3.8) is 0 Å². The van der Waals surface area contributed by atoms with Gasteiger partial charge in [-0.15, -0.1) is 0 Å². The van der Waals surface area contributed by atoms with Crippen LogP contribution in [0, 0.1) is 29.1 Å². The molecule has 2 heterocycles. The monoisotopic (exact) mass is 376 g/mol. The van der Waals surface area contributed by atoms with Crippen molar-refractivity contribution < 1.29 is 14.3 Å². The van der Waals surface area contributed by atoms with Crippen molar-refractivity contribution in [1.82, 2.24) is 9.80 Å². The Kier molecular flexibility index (Phi) is 5.26. The third-order valence-electron chi connectivity index (χ3n) is 7.77. The molecule has 0 N–H and O–H groups in total. The van der Waals surface area contributed by atoms with Gasteiger partial charge in [0, 0.05) is 33.3 Å². The van der Waals surface area contributed by atoms with Crippen molar-refractivity contribution >= 4 is 11.8 Å². The SMILES string of the molecule is COC(C(=O)N1CC(C2CCCN(C(=O)C3(C4CC4)CCC3)C2)C1)C(C)C. The average molecular weight is 377 g/mol. The minimum Gasteiger partial charge on any atom is -0.371 e. The molecule has 0 spiro atoms. The Labute approximate surface area is 163 Å².